The number of ether oxygens (including phenoxy) is 2. The number of nitrogens with one attached hydrogen (secondary N) is 1. The summed E-state index contributed by atoms with van der Waals surface area (Å²) >= 11 is 1.46. The molecule has 1 saturated heterocycles. The smallest absolute Gasteiger partial charge is 0.257 e. The number of anilines is 1. The van der Waals surface area contributed by atoms with Crippen molar-refractivity contribution in [3.8, 4) is 11.5 Å². The second kappa shape index (κ2) is 7.63. The summed E-state index contributed by atoms with van der Waals surface area (Å²) in [7, 11) is 0. The summed E-state index contributed by atoms with van der Waals surface area (Å²) in [5.74, 6) is 1.93. The maximum atomic E-state index is 12.5. The minimum atomic E-state index is -0.185. The third-order valence-corrected chi connectivity index (χ3v) is 5.64. The Hall–Kier alpha value is -2.12. The van der Waals surface area contributed by atoms with Gasteiger partial charge in [-0.1, -0.05) is 6.92 Å². The van der Waals surface area contributed by atoms with Gasteiger partial charge in [-0.3, -0.25) is 15.0 Å². The molecule has 0 saturated carbocycles. The van der Waals surface area contributed by atoms with Crippen LogP contribution < -0.4 is 14.8 Å². The Bertz CT molecular complexity index is 784. The van der Waals surface area contributed by atoms with Gasteiger partial charge in [-0.05, 0) is 50.0 Å². The van der Waals surface area contributed by atoms with E-state index in [0.29, 0.717) is 35.4 Å². The molecule has 6 nitrogen and oxygen atoms in total. The van der Waals surface area contributed by atoms with Gasteiger partial charge in [0, 0.05) is 17.5 Å². The average molecular weight is 373 g/mol. The first-order valence-electron chi connectivity index (χ1n) is 9.05. The first kappa shape index (κ1) is 17.3. The van der Waals surface area contributed by atoms with Crippen LogP contribution in [0.3, 0.4) is 0 Å². The van der Waals surface area contributed by atoms with E-state index in [-0.39, 0.29) is 5.91 Å². The summed E-state index contributed by atoms with van der Waals surface area (Å²) in [6.07, 6.45) is 2.50. The van der Waals surface area contributed by atoms with Gasteiger partial charge in [-0.25, -0.2) is 4.98 Å². The number of aromatic nitrogens is 1. The molecule has 2 aliphatic rings. The molecule has 0 atom stereocenters. The Morgan fingerprint density at radius 2 is 2.04 bits per heavy atom. The number of hydrogen-bond acceptors (Lipinski definition) is 6. The summed E-state index contributed by atoms with van der Waals surface area (Å²) in [5, 5.41) is 5.54. The second-order valence-electron chi connectivity index (χ2n) is 6.92. The fourth-order valence-corrected chi connectivity index (χ4v) is 3.94. The fraction of sp³-hybridized carbons (Fsp3) is 0.474. The maximum absolute atomic E-state index is 12.5. The number of benzene rings is 1. The highest BCUT2D eigenvalue weighted by Crippen LogP contribution is 2.31. The van der Waals surface area contributed by atoms with Crippen LogP contribution in [0.4, 0.5) is 5.13 Å². The normalized spacial score (nSPS) is 17.9. The molecule has 1 amide bonds. The molecule has 7 heteroatoms. The molecule has 1 fully saturated rings. The number of nitrogens with zero attached hydrogens (tertiary/aromatic N) is 2. The molecule has 0 spiro atoms. The largest absolute Gasteiger partial charge is 0.486 e. The van der Waals surface area contributed by atoms with Crippen LogP contribution in [0.25, 0.3) is 0 Å². The fourth-order valence-electron chi connectivity index (χ4n) is 3.24. The zero-order valence-corrected chi connectivity index (χ0v) is 15.7. The van der Waals surface area contributed by atoms with Gasteiger partial charge in [0.15, 0.2) is 16.6 Å². The number of hydrogen-bond donors (Lipinski definition) is 1. The van der Waals surface area contributed by atoms with Crippen molar-refractivity contribution in [2.45, 2.75) is 26.3 Å². The number of rotatable bonds is 4. The molecular weight excluding hydrogens is 350 g/mol. The molecule has 0 aliphatic carbocycles. The first-order chi connectivity index (χ1) is 12.7. The zero-order chi connectivity index (χ0) is 17.9. The number of carbonyl (C=O) groups excluding carboxylic acids is 1. The predicted molar refractivity (Wildman–Crippen MR) is 101 cm³/mol. The quantitative estimate of drug-likeness (QED) is 0.890. The van der Waals surface area contributed by atoms with Gasteiger partial charge >= 0.3 is 0 Å². The van der Waals surface area contributed by atoms with Crippen molar-refractivity contribution in [1.82, 2.24) is 9.88 Å². The van der Waals surface area contributed by atoms with E-state index in [1.165, 1.54) is 24.2 Å². The van der Waals surface area contributed by atoms with Crippen LogP contribution in [0, 0.1) is 5.92 Å². The molecule has 1 aromatic heterocycles. The highest BCUT2D eigenvalue weighted by atomic mass is 32.1. The molecule has 1 N–H and O–H groups in total. The van der Waals surface area contributed by atoms with Gasteiger partial charge < -0.3 is 9.47 Å². The molecule has 3 heterocycles. The van der Waals surface area contributed by atoms with Gasteiger partial charge in [0.05, 0.1) is 5.69 Å². The number of likely N-dealkylation sites (tertiary alicyclic amines) is 1. The van der Waals surface area contributed by atoms with Crippen LogP contribution in [-0.2, 0) is 6.54 Å². The number of piperidine rings is 1. The minimum Gasteiger partial charge on any atom is -0.486 e. The number of carbonyl (C=O) groups is 1. The Kier molecular flexibility index (Phi) is 5.08. The van der Waals surface area contributed by atoms with Crippen molar-refractivity contribution in [2.24, 2.45) is 5.92 Å². The molecule has 1 aromatic carbocycles. The minimum absolute atomic E-state index is 0.185. The Balaban J connectivity index is 1.37. The van der Waals surface area contributed by atoms with E-state index in [0.717, 1.165) is 31.2 Å². The Morgan fingerprint density at radius 3 is 2.85 bits per heavy atom. The number of fused-ring (bicyclic) bond motifs is 1. The van der Waals surface area contributed by atoms with Gasteiger partial charge in [0.2, 0.25) is 0 Å². The van der Waals surface area contributed by atoms with Crippen LogP contribution in [0.5, 0.6) is 11.5 Å². The molecule has 26 heavy (non-hydrogen) atoms. The van der Waals surface area contributed by atoms with Gasteiger partial charge in [0.25, 0.3) is 5.91 Å². The van der Waals surface area contributed by atoms with E-state index < -0.39 is 0 Å². The van der Waals surface area contributed by atoms with Crippen molar-refractivity contribution < 1.29 is 14.3 Å². The lowest BCUT2D eigenvalue weighted by Gasteiger charge is -2.29. The van der Waals surface area contributed by atoms with Crippen molar-refractivity contribution in [1.29, 1.82) is 0 Å². The van der Waals surface area contributed by atoms with Crippen LogP contribution in [0.15, 0.2) is 23.6 Å². The standard InChI is InChI=1S/C19H23N3O3S/c1-13-4-6-22(7-5-13)11-15-12-26-19(20-15)21-18(23)14-2-3-16-17(10-14)25-9-8-24-16/h2-3,10,12-13H,4-9,11H2,1H3,(H,20,21,23). The van der Waals surface area contributed by atoms with Crippen LogP contribution in [0.1, 0.15) is 35.8 Å². The molecule has 2 aliphatic heterocycles. The first-order valence-corrected chi connectivity index (χ1v) is 9.93. The van der Waals surface area contributed by atoms with Crippen molar-refractivity contribution in [3.63, 3.8) is 0 Å². The summed E-state index contributed by atoms with van der Waals surface area (Å²) in [4.78, 5) is 19.5. The summed E-state index contributed by atoms with van der Waals surface area (Å²) in [6.45, 7) is 6.45. The highest BCUT2D eigenvalue weighted by molar-refractivity contribution is 7.13. The van der Waals surface area contributed by atoms with E-state index in [9.17, 15) is 4.79 Å². The van der Waals surface area contributed by atoms with Gasteiger partial charge in [-0.2, -0.15) is 0 Å². The zero-order valence-electron chi connectivity index (χ0n) is 14.9. The molecule has 0 unspecified atom stereocenters. The Labute approximate surface area is 157 Å². The molecule has 2 aromatic rings. The van der Waals surface area contributed by atoms with Crippen LogP contribution in [0.2, 0.25) is 0 Å². The molecule has 0 radical (unpaired) electrons. The average Bonchev–Trinajstić information content (AvgIpc) is 3.10. The van der Waals surface area contributed by atoms with Crippen molar-refractivity contribution >= 4 is 22.4 Å². The SMILES string of the molecule is CC1CCN(Cc2csc(NC(=O)c3ccc4c(c3)OCCO4)n2)CC1. The number of thiazole rings is 1. The maximum Gasteiger partial charge on any atom is 0.257 e. The highest BCUT2D eigenvalue weighted by Gasteiger charge is 2.18. The summed E-state index contributed by atoms with van der Waals surface area (Å²) < 4.78 is 11.0. The predicted octanol–water partition coefficient (Wildman–Crippen LogP) is 3.40. The van der Waals surface area contributed by atoms with Crippen LogP contribution >= 0.6 is 11.3 Å². The molecule has 138 valence electrons. The lowest BCUT2D eigenvalue weighted by molar-refractivity contribution is 0.102. The second-order valence-corrected chi connectivity index (χ2v) is 7.77. The molecule has 0 bridgehead atoms. The van der Waals surface area contributed by atoms with E-state index in [4.69, 9.17) is 9.47 Å². The van der Waals surface area contributed by atoms with E-state index in [1.54, 1.807) is 18.2 Å². The summed E-state index contributed by atoms with van der Waals surface area (Å²) in [5.41, 5.74) is 1.55. The van der Waals surface area contributed by atoms with Gasteiger partial charge in [0.1, 0.15) is 13.2 Å². The van der Waals surface area contributed by atoms with E-state index in [2.05, 4.69) is 22.1 Å². The van der Waals surface area contributed by atoms with E-state index in [1.807, 2.05) is 5.38 Å². The van der Waals surface area contributed by atoms with Crippen molar-refractivity contribution in [2.75, 3.05) is 31.6 Å². The monoisotopic (exact) mass is 373 g/mol. The van der Waals surface area contributed by atoms with E-state index >= 15 is 0 Å². The third-order valence-electron chi connectivity index (χ3n) is 4.84. The third kappa shape index (κ3) is 3.99. The van der Waals surface area contributed by atoms with Crippen molar-refractivity contribution in [3.05, 3.63) is 34.8 Å². The molecular formula is C19H23N3O3S. The Morgan fingerprint density at radius 1 is 1.27 bits per heavy atom. The molecule has 4 rings (SSSR count). The number of amides is 1. The topological polar surface area (TPSA) is 63.7 Å². The van der Waals surface area contributed by atoms with Gasteiger partial charge in [-0.15, -0.1) is 11.3 Å². The lowest BCUT2D eigenvalue weighted by Crippen LogP contribution is -2.32. The summed E-state index contributed by atoms with van der Waals surface area (Å²) in [6, 6.07) is 5.23. The lowest BCUT2D eigenvalue weighted by atomic mass is 9.99. The van der Waals surface area contributed by atoms with Crippen LogP contribution in [-0.4, -0.2) is 42.1 Å².